The number of para-hydroxylation sites is 2. The first kappa shape index (κ1) is 19.8. The van der Waals surface area contributed by atoms with Gasteiger partial charge in [0, 0.05) is 10.9 Å². The van der Waals surface area contributed by atoms with Gasteiger partial charge in [-0.25, -0.2) is 0 Å². The molecular weight excluding hydrogens is 372 g/mol. The van der Waals surface area contributed by atoms with Gasteiger partial charge >= 0.3 is 0 Å². The molecule has 7 heteroatoms. The van der Waals surface area contributed by atoms with Crippen LogP contribution in [0.4, 0.5) is 5.69 Å². The van der Waals surface area contributed by atoms with Gasteiger partial charge in [-0.3, -0.25) is 0 Å². The van der Waals surface area contributed by atoms with Gasteiger partial charge in [-0.15, -0.1) is 10.2 Å². The van der Waals surface area contributed by atoms with Gasteiger partial charge in [-0.05, 0) is 30.8 Å². The van der Waals surface area contributed by atoms with Crippen molar-refractivity contribution in [1.82, 2.24) is 4.57 Å². The first-order valence-corrected chi connectivity index (χ1v) is 9.74. The van der Waals surface area contributed by atoms with Crippen LogP contribution in [0.5, 0.6) is 11.6 Å². The third kappa shape index (κ3) is 4.48. The molecule has 146 valence electrons. The fourth-order valence-corrected chi connectivity index (χ4v) is 3.15. The van der Waals surface area contributed by atoms with Crippen LogP contribution in [-0.2, 0) is 6.54 Å². The average Bonchev–Trinajstić information content (AvgIpc) is 2.96. The maximum atomic E-state index is 10.8. The molecule has 3 aromatic rings. The highest BCUT2D eigenvalue weighted by atomic mass is 32.1. The number of hydrogen-bond acceptors (Lipinski definition) is 4. The fourth-order valence-electron chi connectivity index (χ4n) is 3.11. The van der Waals surface area contributed by atoms with Crippen LogP contribution in [-0.4, -0.2) is 21.4 Å². The molecule has 0 aliphatic rings. The minimum Gasteiger partial charge on any atom is -0.493 e. The molecule has 3 rings (SSSR count). The van der Waals surface area contributed by atoms with Crippen molar-refractivity contribution in [1.29, 1.82) is 0 Å². The van der Waals surface area contributed by atoms with E-state index in [4.69, 9.17) is 22.7 Å². The summed E-state index contributed by atoms with van der Waals surface area (Å²) in [6.07, 6.45) is 3.31. The van der Waals surface area contributed by atoms with Crippen LogP contribution in [0.25, 0.3) is 10.9 Å². The summed E-state index contributed by atoms with van der Waals surface area (Å²) in [5.74, 6) is 0.837. The van der Waals surface area contributed by atoms with Crippen LogP contribution < -0.4 is 10.5 Å². The number of nitrogens with zero attached hydrogens (tertiary/aromatic N) is 3. The van der Waals surface area contributed by atoms with Crippen molar-refractivity contribution in [3.05, 3.63) is 54.1 Å². The molecule has 0 saturated heterocycles. The molecule has 0 spiro atoms. The Labute approximate surface area is 169 Å². The van der Waals surface area contributed by atoms with Crippen molar-refractivity contribution < 1.29 is 9.84 Å². The van der Waals surface area contributed by atoms with Gasteiger partial charge in [-0.2, -0.15) is 0 Å². The number of nitrogens with two attached hydrogens (primary N) is 1. The Kier molecular flexibility index (Phi) is 6.60. The summed E-state index contributed by atoms with van der Waals surface area (Å²) in [6, 6.07) is 15.5. The van der Waals surface area contributed by atoms with Gasteiger partial charge in [0.2, 0.25) is 11.0 Å². The fraction of sp³-hybridized carbons (Fsp3) is 0.286. The number of azo groups is 1. The van der Waals surface area contributed by atoms with E-state index in [-0.39, 0.29) is 11.0 Å². The normalized spacial score (nSPS) is 11.3. The standard InChI is InChI=1S/C21H24N4O2S/c1-2-3-8-13-27-18-12-7-4-9-15(18)14-25-17-11-6-5-10-16(17)19(20(25)26)23-24-21(22)28/h4-7,9-12,26H,2-3,8,13-14H2,1H3,(H2,22,28). The van der Waals surface area contributed by atoms with Crippen LogP contribution in [0.3, 0.4) is 0 Å². The minimum atomic E-state index is -0.0814. The molecule has 0 amide bonds. The zero-order valence-electron chi connectivity index (χ0n) is 15.8. The highest BCUT2D eigenvalue weighted by Crippen LogP contribution is 2.39. The molecule has 1 heterocycles. The summed E-state index contributed by atoms with van der Waals surface area (Å²) in [6.45, 7) is 3.29. The Morgan fingerprint density at radius 2 is 1.89 bits per heavy atom. The SMILES string of the molecule is CCCCCOc1ccccc1Cn1c(O)c(N=NC(N)=S)c2ccccc21. The zero-order chi connectivity index (χ0) is 19.9. The first-order valence-electron chi connectivity index (χ1n) is 9.34. The molecule has 28 heavy (non-hydrogen) atoms. The Morgan fingerprint density at radius 3 is 2.68 bits per heavy atom. The zero-order valence-corrected chi connectivity index (χ0v) is 16.7. The van der Waals surface area contributed by atoms with E-state index in [9.17, 15) is 5.11 Å². The van der Waals surface area contributed by atoms with Crippen molar-refractivity contribution >= 4 is 33.9 Å². The monoisotopic (exact) mass is 396 g/mol. The first-order chi connectivity index (χ1) is 13.6. The molecule has 2 aromatic carbocycles. The smallest absolute Gasteiger partial charge is 0.221 e. The molecule has 0 saturated carbocycles. The molecule has 0 aliphatic heterocycles. The predicted octanol–water partition coefficient (Wildman–Crippen LogP) is 5.29. The van der Waals surface area contributed by atoms with E-state index < -0.39 is 0 Å². The average molecular weight is 397 g/mol. The van der Waals surface area contributed by atoms with E-state index in [0.717, 1.165) is 41.5 Å². The molecule has 0 atom stereocenters. The number of aromatic nitrogens is 1. The molecule has 0 unspecified atom stereocenters. The van der Waals surface area contributed by atoms with Gasteiger partial charge in [0.15, 0.2) is 5.69 Å². The number of fused-ring (bicyclic) bond motifs is 1. The number of unbranched alkanes of at least 4 members (excludes halogenated alkanes) is 2. The van der Waals surface area contributed by atoms with Crippen LogP contribution >= 0.6 is 12.2 Å². The molecule has 6 nitrogen and oxygen atoms in total. The van der Waals surface area contributed by atoms with Crippen molar-refractivity contribution in [3.8, 4) is 11.6 Å². The lowest BCUT2D eigenvalue weighted by Crippen LogP contribution is -2.04. The molecule has 0 aliphatic carbocycles. The number of aromatic hydroxyl groups is 1. The summed E-state index contributed by atoms with van der Waals surface area (Å²) >= 11 is 4.76. The highest BCUT2D eigenvalue weighted by molar-refractivity contribution is 7.80. The summed E-state index contributed by atoms with van der Waals surface area (Å²) in [5.41, 5.74) is 7.59. The molecule has 0 fully saturated rings. The third-order valence-corrected chi connectivity index (χ3v) is 4.55. The molecule has 0 bridgehead atoms. The second-order valence-electron chi connectivity index (χ2n) is 6.48. The van der Waals surface area contributed by atoms with Gasteiger partial charge < -0.3 is 20.1 Å². The number of hydrogen-bond donors (Lipinski definition) is 2. The van der Waals surface area contributed by atoms with Gasteiger partial charge in [-0.1, -0.05) is 56.2 Å². The Morgan fingerprint density at radius 1 is 1.14 bits per heavy atom. The largest absolute Gasteiger partial charge is 0.493 e. The second kappa shape index (κ2) is 9.32. The van der Waals surface area contributed by atoms with Gasteiger partial charge in [0.1, 0.15) is 5.75 Å². The molecule has 0 radical (unpaired) electrons. The lowest BCUT2D eigenvalue weighted by atomic mass is 10.2. The topological polar surface area (TPSA) is 85.1 Å². The predicted molar refractivity (Wildman–Crippen MR) is 115 cm³/mol. The number of ether oxygens (including phenoxy) is 1. The van der Waals surface area contributed by atoms with E-state index in [1.807, 2.05) is 48.5 Å². The third-order valence-electron chi connectivity index (χ3n) is 4.47. The highest BCUT2D eigenvalue weighted by Gasteiger charge is 2.17. The number of benzene rings is 2. The van der Waals surface area contributed by atoms with Gasteiger partial charge in [0.25, 0.3) is 0 Å². The van der Waals surface area contributed by atoms with Crippen LogP contribution in [0.15, 0.2) is 58.8 Å². The minimum absolute atomic E-state index is 0.0157. The summed E-state index contributed by atoms with van der Waals surface area (Å²) in [7, 11) is 0. The lowest BCUT2D eigenvalue weighted by molar-refractivity contribution is 0.302. The van der Waals surface area contributed by atoms with E-state index in [1.165, 1.54) is 0 Å². The lowest BCUT2D eigenvalue weighted by Gasteiger charge is -2.13. The maximum absolute atomic E-state index is 10.8. The van der Waals surface area contributed by atoms with Crippen molar-refractivity contribution in [2.45, 2.75) is 32.7 Å². The van der Waals surface area contributed by atoms with Crippen LogP contribution in [0, 0.1) is 0 Å². The summed E-state index contributed by atoms with van der Waals surface area (Å²) in [4.78, 5) is 0. The molecule has 3 N–H and O–H groups in total. The molecule has 1 aromatic heterocycles. The Balaban J connectivity index is 1.95. The van der Waals surface area contributed by atoms with Crippen LogP contribution in [0.1, 0.15) is 31.7 Å². The number of thiocarbonyl (C=S) groups is 1. The maximum Gasteiger partial charge on any atom is 0.221 e. The number of rotatable bonds is 8. The van der Waals surface area contributed by atoms with Crippen molar-refractivity contribution in [3.63, 3.8) is 0 Å². The van der Waals surface area contributed by atoms with E-state index in [0.29, 0.717) is 18.8 Å². The Bertz CT molecular complexity index is 997. The Hall–Kier alpha value is -2.93. The summed E-state index contributed by atoms with van der Waals surface area (Å²) < 4.78 is 7.77. The second-order valence-corrected chi connectivity index (χ2v) is 6.90. The quantitative estimate of drug-likeness (QED) is 0.308. The van der Waals surface area contributed by atoms with E-state index in [1.54, 1.807) is 4.57 Å². The van der Waals surface area contributed by atoms with Crippen molar-refractivity contribution in [2.75, 3.05) is 6.61 Å². The van der Waals surface area contributed by atoms with E-state index in [2.05, 4.69) is 17.2 Å². The summed E-state index contributed by atoms with van der Waals surface area (Å²) in [5, 5.41) is 19.3. The van der Waals surface area contributed by atoms with Gasteiger partial charge in [0.05, 0.1) is 18.7 Å². The van der Waals surface area contributed by atoms with Crippen molar-refractivity contribution in [2.24, 2.45) is 16.0 Å². The van der Waals surface area contributed by atoms with Crippen LogP contribution in [0.2, 0.25) is 0 Å². The van der Waals surface area contributed by atoms with E-state index >= 15 is 0 Å². The molecular formula is C21H24N4O2S.